The zero-order valence-electron chi connectivity index (χ0n) is 12.1. The third-order valence-electron chi connectivity index (χ3n) is 3.36. The van der Waals surface area contributed by atoms with E-state index in [1.165, 1.54) is 17.0 Å². The van der Waals surface area contributed by atoms with Crippen molar-refractivity contribution in [1.29, 1.82) is 0 Å². The number of aromatic carboxylic acids is 1. The van der Waals surface area contributed by atoms with E-state index in [0.29, 0.717) is 6.54 Å². The molecule has 0 aromatic heterocycles. The Hall–Kier alpha value is -1.92. The quantitative estimate of drug-likeness (QED) is 0.868. The lowest BCUT2D eigenvalue weighted by Crippen LogP contribution is -2.55. The zero-order chi connectivity index (χ0) is 15.6. The largest absolute Gasteiger partial charge is 0.478 e. The fraction of sp³-hybridized carbons (Fsp3) is 0.467. The Kier molecular flexibility index (Phi) is 4.29. The lowest BCUT2D eigenvalue weighted by Gasteiger charge is -2.42. The SMILES string of the molecule is CC1(C)CN(C(=O)c2ccccc2C(=O)O)CC(CO)O1. The lowest BCUT2D eigenvalue weighted by atomic mass is 10.0. The third-order valence-corrected chi connectivity index (χ3v) is 3.36. The second-order valence-electron chi connectivity index (χ2n) is 5.72. The standard InChI is InChI=1S/C15H19NO5/c1-15(2)9-16(7-10(8-17)21-15)13(18)11-5-3-4-6-12(11)14(19)20/h3-6,10,17H,7-9H2,1-2H3,(H,19,20). The summed E-state index contributed by atoms with van der Waals surface area (Å²) < 4.78 is 5.66. The van der Waals surface area contributed by atoms with Crippen LogP contribution in [0.1, 0.15) is 34.6 Å². The summed E-state index contributed by atoms with van der Waals surface area (Å²) in [6, 6.07) is 6.13. The summed E-state index contributed by atoms with van der Waals surface area (Å²) in [5, 5.41) is 18.5. The second kappa shape index (κ2) is 5.83. The normalized spacial score (nSPS) is 21.1. The van der Waals surface area contributed by atoms with E-state index >= 15 is 0 Å². The molecule has 6 heteroatoms. The van der Waals surface area contributed by atoms with Crippen LogP contribution in [-0.4, -0.2) is 58.4 Å². The van der Waals surface area contributed by atoms with Gasteiger partial charge in [-0.05, 0) is 26.0 Å². The molecule has 114 valence electrons. The Morgan fingerprint density at radius 3 is 2.52 bits per heavy atom. The first-order chi connectivity index (χ1) is 9.84. The molecule has 0 bridgehead atoms. The molecule has 1 aromatic rings. The van der Waals surface area contributed by atoms with Crippen LogP contribution in [0.4, 0.5) is 0 Å². The third kappa shape index (κ3) is 3.40. The van der Waals surface area contributed by atoms with E-state index in [1.807, 2.05) is 13.8 Å². The maximum Gasteiger partial charge on any atom is 0.336 e. The van der Waals surface area contributed by atoms with Gasteiger partial charge in [0.15, 0.2) is 0 Å². The van der Waals surface area contributed by atoms with Gasteiger partial charge in [-0.1, -0.05) is 12.1 Å². The molecule has 0 radical (unpaired) electrons. The molecule has 1 amide bonds. The Labute approximate surface area is 122 Å². The van der Waals surface area contributed by atoms with Gasteiger partial charge < -0.3 is 19.8 Å². The van der Waals surface area contributed by atoms with E-state index in [4.69, 9.17) is 4.74 Å². The van der Waals surface area contributed by atoms with Gasteiger partial charge in [-0.15, -0.1) is 0 Å². The van der Waals surface area contributed by atoms with Crippen molar-refractivity contribution in [3.05, 3.63) is 35.4 Å². The molecule has 6 nitrogen and oxygen atoms in total. The highest BCUT2D eigenvalue weighted by atomic mass is 16.5. The lowest BCUT2D eigenvalue weighted by molar-refractivity contribution is -0.139. The van der Waals surface area contributed by atoms with Crippen molar-refractivity contribution in [2.24, 2.45) is 0 Å². The van der Waals surface area contributed by atoms with Crippen LogP contribution in [0.25, 0.3) is 0 Å². The maximum absolute atomic E-state index is 12.6. The van der Waals surface area contributed by atoms with Gasteiger partial charge in [-0.2, -0.15) is 0 Å². The van der Waals surface area contributed by atoms with Crippen LogP contribution in [0, 0.1) is 0 Å². The second-order valence-corrected chi connectivity index (χ2v) is 5.72. The average Bonchev–Trinajstić information content (AvgIpc) is 2.44. The molecule has 1 heterocycles. The summed E-state index contributed by atoms with van der Waals surface area (Å²) in [5.74, 6) is -1.49. The summed E-state index contributed by atoms with van der Waals surface area (Å²) in [7, 11) is 0. The van der Waals surface area contributed by atoms with Crippen LogP contribution in [0.5, 0.6) is 0 Å². The summed E-state index contributed by atoms with van der Waals surface area (Å²) in [5.41, 5.74) is -0.453. The molecule has 1 fully saturated rings. The van der Waals surface area contributed by atoms with Crippen molar-refractivity contribution in [2.45, 2.75) is 25.6 Å². The summed E-state index contributed by atoms with van der Waals surface area (Å²) in [4.78, 5) is 25.4. The fourth-order valence-corrected chi connectivity index (χ4v) is 2.57. The number of ether oxygens (including phenoxy) is 1. The minimum atomic E-state index is -1.13. The van der Waals surface area contributed by atoms with Crippen molar-refractivity contribution in [1.82, 2.24) is 4.90 Å². The van der Waals surface area contributed by atoms with Crippen LogP contribution in [-0.2, 0) is 4.74 Å². The number of benzene rings is 1. The van der Waals surface area contributed by atoms with Crippen LogP contribution < -0.4 is 0 Å². The predicted octanol–water partition coefficient (Wildman–Crippen LogP) is 0.997. The van der Waals surface area contributed by atoms with Crippen molar-refractivity contribution >= 4 is 11.9 Å². The van der Waals surface area contributed by atoms with E-state index in [2.05, 4.69) is 0 Å². The van der Waals surface area contributed by atoms with Crippen molar-refractivity contribution in [2.75, 3.05) is 19.7 Å². The molecule has 0 aliphatic carbocycles. The average molecular weight is 293 g/mol. The zero-order valence-corrected chi connectivity index (χ0v) is 12.1. The predicted molar refractivity (Wildman–Crippen MR) is 75.3 cm³/mol. The van der Waals surface area contributed by atoms with Gasteiger partial charge >= 0.3 is 5.97 Å². The van der Waals surface area contributed by atoms with E-state index < -0.39 is 17.7 Å². The van der Waals surface area contributed by atoms with Crippen molar-refractivity contribution < 1.29 is 24.5 Å². The van der Waals surface area contributed by atoms with Gasteiger partial charge in [0.2, 0.25) is 0 Å². The van der Waals surface area contributed by atoms with Crippen LogP contribution in [0.15, 0.2) is 24.3 Å². The molecule has 0 spiro atoms. The maximum atomic E-state index is 12.6. The van der Waals surface area contributed by atoms with Gasteiger partial charge in [0, 0.05) is 13.1 Å². The first kappa shape index (κ1) is 15.5. The molecule has 1 aliphatic rings. The Morgan fingerprint density at radius 1 is 1.33 bits per heavy atom. The highest BCUT2D eigenvalue weighted by Gasteiger charge is 2.36. The molecule has 21 heavy (non-hydrogen) atoms. The topological polar surface area (TPSA) is 87.1 Å². The first-order valence-electron chi connectivity index (χ1n) is 6.74. The molecule has 1 aromatic carbocycles. The number of rotatable bonds is 3. The molecule has 1 aliphatic heterocycles. The number of nitrogens with zero attached hydrogens (tertiary/aromatic N) is 1. The number of hydrogen-bond acceptors (Lipinski definition) is 4. The summed E-state index contributed by atoms with van der Waals surface area (Å²) in [6.45, 7) is 4.06. The van der Waals surface area contributed by atoms with Gasteiger partial charge in [0.1, 0.15) is 0 Å². The minimum Gasteiger partial charge on any atom is -0.478 e. The number of hydrogen-bond donors (Lipinski definition) is 2. The van der Waals surface area contributed by atoms with Crippen molar-refractivity contribution in [3.63, 3.8) is 0 Å². The molecule has 2 N–H and O–H groups in total. The van der Waals surface area contributed by atoms with E-state index in [-0.39, 0.29) is 30.2 Å². The molecule has 0 saturated carbocycles. The van der Waals surface area contributed by atoms with E-state index in [9.17, 15) is 19.8 Å². The van der Waals surface area contributed by atoms with E-state index in [0.717, 1.165) is 0 Å². The van der Waals surface area contributed by atoms with Crippen LogP contribution in [0.3, 0.4) is 0 Å². The number of carbonyl (C=O) groups is 2. The smallest absolute Gasteiger partial charge is 0.336 e. The molecule has 1 atom stereocenters. The number of carboxylic acid groups (broad SMARTS) is 1. The first-order valence-corrected chi connectivity index (χ1v) is 6.74. The Balaban J connectivity index is 2.29. The van der Waals surface area contributed by atoms with Gasteiger partial charge in [0.05, 0.1) is 29.4 Å². The number of amides is 1. The highest BCUT2D eigenvalue weighted by Crippen LogP contribution is 2.23. The number of carboxylic acids is 1. The minimum absolute atomic E-state index is 0.0210. The number of aliphatic hydroxyl groups is 1. The molecular weight excluding hydrogens is 274 g/mol. The fourth-order valence-electron chi connectivity index (χ4n) is 2.57. The molecule has 1 unspecified atom stereocenters. The van der Waals surface area contributed by atoms with Crippen molar-refractivity contribution in [3.8, 4) is 0 Å². The van der Waals surface area contributed by atoms with Gasteiger partial charge in [-0.3, -0.25) is 4.79 Å². The summed E-state index contributed by atoms with van der Waals surface area (Å²) in [6.07, 6.45) is -0.463. The summed E-state index contributed by atoms with van der Waals surface area (Å²) >= 11 is 0. The molecule has 1 saturated heterocycles. The monoisotopic (exact) mass is 293 g/mol. The van der Waals surface area contributed by atoms with Crippen LogP contribution in [0.2, 0.25) is 0 Å². The van der Waals surface area contributed by atoms with Gasteiger partial charge in [-0.25, -0.2) is 4.79 Å². The molecular formula is C15H19NO5. The number of morpholine rings is 1. The number of aliphatic hydroxyl groups excluding tert-OH is 1. The van der Waals surface area contributed by atoms with E-state index in [1.54, 1.807) is 12.1 Å². The number of carbonyl (C=O) groups excluding carboxylic acids is 1. The van der Waals surface area contributed by atoms with Crippen LogP contribution >= 0.6 is 0 Å². The highest BCUT2D eigenvalue weighted by molar-refractivity contribution is 6.04. The Bertz CT molecular complexity index is 555. The Morgan fingerprint density at radius 2 is 1.95 bits per heavy atom. The molecule has 2 rings (SSSR count). The van der Waals surface area contributed by atoms with Gasteiger partial charge in [0.25, 0.3) is 5.91 Å².